The average Bonchev–Trinajstić information content (AvgIpc) is 1.84. The van der Waals surface area contributed by atoms with Crippen molar-refractivity contribution in [2.45, 2.75) is 4.83 Å². The fourth-order valence-electron chi connectivity index (χ4n) is 0.225. The minimum absolute atomic E-state index is 0.0571. The van der Waals surface area contributed by atoms with Gasteiger partial charge in [0, 0.05) is 0 Å². The van der Waals surface area contributed by atoms with E-state index < -0.39 is 0 Å². The number of alkyl halides is 1. The van der Waals surface area contributed by atoms with Gasteiger partial charge in [-0.05, 0) is 0 Å². The molecule has 0 aliphatic heterocycles. The van der Waals surface area contributed by atoms with E-state index in [4.69, 9.17) is 11.6 Å². The Balaban J connectivity index is 3.60. The highest BCUT2D eigenvalue weighted by Gasteiger charge is 2.07. The Morgan fingerprint density at radius 2 is 2.12 bits per heavy atom. The van der Waals surface area contributed by atoms with Gasteiger partial charge >= 0.3 is 0 Å². The number of allylic oxidation sites excluding steroid dienone is 2. The van der Waals surface area contributed by atoms with E-state index in [2.05, 4.69) is 29.1 Å². The predicted molar refractivity (Wildman–Crippen MR) is 42.2 cm³/mol. The maximum absolute atomic E-state index is 5.60. The lowest BCUT2D eigenvalue weighted by Gasteiger charge is -2.03. The topological polar surface area (TPSA) is 0 Å². The first-order valence-electron chi connectivity index (χ1n) is 2.13. The van der Waals surface area contributed by atoms with E-state index in [1.807, 2.05) is 0 Å². The van der Waals surface area contributed by atoms with Gasteiger partial charge in [-0.2, -0.15) is 0 Å². The van der Waals surface area contributed by atoms with Crippen LogP contribution in [0, 0.1) is 5.38 Å². The molecule has 0 aromatic rings. The molecule has 0 aliphatic rings. The molecule has 8 heavy (non-hydrogen) atoms. The van der Waals surface area contributed by atoms with Crippen LogP contribution in [0.4, 0.5) is 0 Å². The molecule has 0 fully saturated rings. The molecule has 0 saturated carbocycles. The molecule has 0 aromatic heterocycles. The highest BCUT2D eigenvalue weighted by molar-refractivity contribution is 9.09. The van der Waals surface area contributed by atoms with Crippen molar-refractivity contribution < 1.29 is 0 Å². The summed E-state index contributed by atoms with van der Waals surface area (Å²) in [7, 11) is 0. The molecule has 0 N–H and O–H groups in total. The number of hydrogen-bond donors (Lipinski definition) is 0. The molecule has 0 heterocycles. The third kappa shape index (κ3) is 2.53. The number of rotatable bonds is 3. The van der Waals surface area contributed by atoms with Gasteiger partial charge in [-0.25, -0.2) is 0 Å². The third-order valence-electron chi connectivity index (χ3n) is 0.665. The first kappa shape index (κ1) is 8.25. The molecule has 0 aromatic carbocycles. The first-order valence-corrected chi connectivity index (χ1v) is 3.43. The smallest absolute Gasteiger partial charge is 0.102 e. The zero-order chi connectivity index (χ0) is 6.57. The van der Waals surface area contributed by atoms with Crippen LogP contribution < -0.4 is 0 Å². The molecule has 1 radical (unpaired) electrons. The summed E-state index contributed by atoms with van der Waals surface area (Å²) >= 11 is 8.84. The molecule has 0 bridgehead atoms. The van der Waals surface area contributed by atoms with Crippen LogP contribution in [0.3, 0.4) is 0 Å². The van der Waals surface area contributed by atoms with Gasteiger partial charge in [0.2, 0.25) is 0 Å². The monoisotopic (exact) mass is 193 g/mol. The van der Waals surface area contributed by atoms with E-state index in [1.165, 1.54) is 0 Å². The summed E-state index contributed by atoms with van der Waals surface area (Å²) in [4.78, 5) is 0.0571. The number of hydrogen-bond acceptors (Lipinski definition) is 0. The van der Waals surface area contributed by atoms with E-state index >= 15 is 0 Å². The minimum atomic E-state index is 0.0571. The molecule has 0 amide bonds. The van der Waals surface area contributed by atoms with Crippen LogP contribution in [0.1, 0.15) is 0 Å². The van der Waals surface area contributed by atoms with Crippen LogP contribution in [-0.4, -0.2) is 4.83 Å². The second-order valence-electron chi connectivity index (χ2n) is 1.23. The highest BCUT2D eigenvalue weighted by Crippen LogP contribution is 2.20. The third-order valence-corrected chi connectivity index (χ3v) is 2.19. The van der Waals surface area contributed by atoms with Crippen molar-refractivity contribution in [2.24, 2.45) is 0 Å². The lowest BCUT2D eigenvalue weighted by atomic mass is 10.3. The molecule has 1 atom stereocenters. The van der Waals surface area contributed by atoms with Gasteiger partial charge < -0.3 is 0 Å². The second kappa shape index (κ2) is 4.16. The maximum atomic E-state index is 5.60. The molecule has 0 aliphatic carbocycles. The quantitative estimate of drug-likeness (QED) is 0.479. The van der Waals surface area contributed by atoms with Gasteiger partial charge in [-0.15, -0.1) is 24.8 Å². The molecule has 2 heteroatoms. The zero-order valence-corrected chi connectivity index (χ0v) is 6.74. The molecule has 45 valence electrons. The van der Waals surface area contributed by atoms with Crippen molar-refractivity contribution in [3.05, 3.63) is 30.7 Å². The molecule has 0 nitrogen and oxygen atoms in total. The van der Waals surface area contributed by atoms with E-state index in [1.54, 1.807) is 12.2 Å². The summed E-state index contributed by atoms with van der Waals surface area (Å²) < 4.78 is 0. The van der Waals surface area contributed by atoms with E-state index in [0.29, 0.717) is 5.38 Å². The van der Waals surface area contributed by atoms with E-state index in [-0.39, 0.29) is 4.83 Å². The minimum Gasteiger partial charge on any atom is -0.111 e. The Morgan fingerprint density at radius 3 is 2.25 bits per heavy atom. The van der Waals surface area contributed by atoms with Gasteiger partial charge in [0.1, 0.15) is 5.38 Å². The van der Waals surface area contributed by atoms with Crippen LogP contribution >= 0.6 is 27.5 Å². The molecule has 0 spiro atoms. The lowest BCUT2D eigenvalue weighted by Crippen LogP contribution is -1.97. The molecular formula is C6H7BrCl. The summed E-state index contributed by atoms with van der Waals surface area (Å²) in [6.07, 6.45) is 3.28. The van der Waals surface area contributed by atoms with Gasteiger partial charge in [0.15, 0.2) is 0 Å². The first-order chi connectivity index (χ1) is 3.72. The highest BCUT2D eigenvalue weighted by atomic mass is 79.9. The Hall–Kier alpha value is 0.250. The predicted octanol–water partition coefficient (Wildman–Crippen LogP) is 2.89. The summed E-state index contributed by atoms with van der Waals surface area (Å²) in [5.74, 6) is 0. The Bertz CT molecular complexity index is 78.5. The van der Waals surface area contributed by atoms with Crippen molar-refractivity contribution in [1.29, 1.82) is 0 Å². The Kier molecular flexibility index (Phi) is 4.29. The lowest BCUT2D eigenvalue weighted by molar-refractivity contribution is 1.29. The SMILES string of the molecule is C=C[C](Cl)C(Br)C=C. The van der Waals surface area contributed by atoms with Crippen molar-refractivity contribution >= 4 is 27.5 Å². The summed E-state index contributed by atoms with van der Waals surface area (Å²) in [5, 5.41) is 0.667. The Morgan fingerprint density at radius 1 is 1.62 bits per heavy atom. The van der Waals surface area contributed by atoms with Gasteiger partial charge in [-0.3, -0.25) is 0 Å². The molecule has 0 saturated heterocycles. The van der Waals surface area contributed by atoms with Gasteiger partial charge in [0.05, 0.1) is 4.83 Å². The van der Waals surface area contributed by atoms with Gasteiger partial charge in [-0.1, -0.05) is 28.1 Å². The molecular weight excluding hydrogens is 187 g/mol. The van der Waals surface area contributed by atoms with Gasteiger partial charge in [0.25, 0.3) is 0 Å². The summed E-state index contributed by atoms with van der Waals surface area (Å²) in [6.45, 7) is 7.01. The standard InChI is InChI=1S/C6H7BrCl/c1-3-5(7)6(8)4-2/h3-5H,1-2H2. The zero-order valence-electron chi connectivity index (χ0n) is 4.40. The van der Waals surface area contributed by atoms with Crippen molar-refractivity contribution in [3.63, 3.8) is 0 Å². The summed E-state index contributed by atoms with van der Waals surface area (Å²) in [5.41, 5.74) is 0. The number of halogens is 2. The van der Waals surface area contributed by atoms with Crippen LogP contribution in [0.15, 0.2) is 25.3 Å². The van der Waals surface area contributed by atoms with Crippen molar-refractivity contribution in [3.8, 4) is 0 Å². The van der Waals surface area contributed by atoms with Crippen LogP contribution in [0.2, 0.25) is 0 Å². The van der Waals surface area contributed by atoms with Crippen LogP contribution in [0.5, 0.6) is 0 Å². The van der Waals surface area contributed by atoms with Crippen LogP contribution in [-0.2, 0) is 0 Å². The Labute approximate surface area is 63.4 Å². The molecule has 0 rings (SSSR count). The second-order valence-corrected chi connectivity index (χ2v) is 2.65. The van der Waals surface area contributed by atoms with Crippen molar-refractivity contribution in [2.75, 3.05) is 0 Å². The molecule has 1 unspecified atom stereocenters. The average molecular weight is 194 g/mol. The fraction of sp³-hybridized carbons (Fsp3) is 0.167. The fourth-order valence-corrected chi connectivity index (χ4v) is 0.501. The largest absolute Gasteiger partial charge is 0.111 e. The van der Waals surface area contributed by atoms with Crippen LogP contribution in [0.25, 0.3) is 0 Å². The summed E-state index contributed by atoms with van der Waals surface area (Å²) in [6, 6.07) is 0. The van der Waals surface area contributed by atoms with E-state index in [9.17, 15) is 0 Å². The normalized spacial score (nSPS) is 13.4. The maximum Gasteiger partial charge on any atom is 0.102 e. The van der Waals surface area contributed by atoms with Crippen molar-refractivity contribution in [1.82, 2.24) is 0 Å². The van der Waals surface area contributed by atoms with E-state index in [0.717, 1.165) is 0 Å².